The summed E-state index contributed by atoms with van der Waals surface area (Å²) in [6, 6.07) is 6.14. The summed E-state index contributed by atoms with van der Waals surface area (Å²) in [5, 5.41) is 14.0. The molecule has 1 aromatic carbocycles. The number of hydrogen-bond acceptors (Lipinski definition) is 7. The first-order valence-electron chi connectivity index (χ1n) is 12.7. The number of rotatable bonds is 11. The molecular formula is C27H42N2O7. The first-order valence-corrected chi connectivity index (χ1v) is 12.7. The average molecular weight is 507 g/mol. The summed E-state index contributed by atoms with van der Waals surface area (Å²) in [5.41, 5.74) is 0.0979. The van der Waals surface area contributed by atoms with Gasteiger partial charge in [0.2, 0.25) is 5.91 Å². The maximum atomic E-state index is 13.3. The molecule has 202 valence electrons. The monoisotopic (exact) mass is 506 g/mol. The Hall–Kier alpha value is -2.81. The highest BCUT2D eigenvalue weighted by Gasteiger charge is 2.44. The van der Waals surface area contributed by atoms with Crippen molar-refractivity contribution < 1.29 is 33.7 Å². The second-order valence-corrected chi connectivity index (χ2v) is 10.7. The number of alkyl carbamates (subject to hydrolysis) is 1. The standard InChI is InChI=1S/C27H42N2O7/c1-8-9-14-34-20-12-10-19(11-13-20)15-21(28-25(32)36-27(5,6)7)23(30)18(4)24(31)29-22(17(2)3)16-35-26(29)33/h10-13,17-18,21-23,30H,8-9,14-16H2,1-7H3,(H,28,32)/t18-,21-,22+,23-/m0/s1. The van der Waals surface area contributed by atoms with Crippen LogP contribution >= 0.6 is 0 Å². The zero-order valence-corrected chi connectivity index (χ0v) is 22.6. The fourth-order valence-electron chi connectivity index (χ4n) is 3.92. The van der Waals surface area contributed by atoms with Crippen molar-refractivity contribution in [1.29, 1.82) is 0 Å². The number of unbranched alkanes of at least 4 members (excludes halogenated alkanes) is 1. The summed E-state index contributed by atoms with van der Waals surface area (Å²) in [4.78, 5) is 39.2. The van der Waals surface area contributed by atoms with Crippen LogP contribution in [-0.4, -0.2) is 65.1 Å². The van der Waals surface area contributed by atoms with Gasteiger partial charge in [-0.15, -0.1) is 0 Å². The fraction of sp³-hybridized carbons (Fsp3) is 0.667. The number of carbonyl (C=O) groups excluding carboxylic acids is 3. The van der Waals surface area contributed by atoms with Crippen LogP contribution in [0, 0.1) is 11.8 Å². The number of benzene rings is 1. The first-order chi connectivity index (χ1) is 16.8. The Balaban J connectivity index is 2.20. The Bertz CT molecular complexity index is 879. The lowest BCUT2D eigenvalue weighted by Gasteiger charge is -2.32. The molecule has 4 atom stereocenters. The molecule has 1 aromatic rings. The highest BCUT2D eigenvalue weighted by atomic mass is 16.6. The molecule has 0 unspecified atom stereocenters. The van der Waals surface area contributed by atoms with E-state index in [1.165, 1.54) is 0 Å². The first kappa shape index (κ1) is 29.4. The minimum absolute atomic E-state index is 0.00140. The van der Waals surface area contributed by atoms with Crippen LogP contribution in [0.2, 0.25) is 0 Å². The van der Waals surface area contributed by atoms with Crippen LogP contribution in [-0.2, 0) is 20.7 Å². The zero-order valence-electron chi connectivity index (χ0n) is 22.6. The Labute approximate surface area is 214 Å². The average Bonchev–Trinajstić information content (AvgIpc) is 3.18. The van der Waals surface area contributed by atoms with Crippen LogP contribution < -0.4 is 10.1 Å². The molecule has 1 aliphatic rings. The topological polar surface area (TPSA) is 114 Å². The summed E-state index contributed by atoms with van der Waals surface area (Å²) in [7, 11) is 0. The number of hydrogen-bond donors (Lipinski definition) is 2. The summed E-state index contributed by atoms with van der Waals surface area (Å²) >= 11 is 0. The van der Waals surface area contributed by atoms with E-state index in [0.717, 1.165) is 29.1 Å². The van der Waals surface area contributed by atoms with Crippen molar-refractivity contribution in [3.05, 3.63) is 29.8 Å². The van der Waals surface area contributed by atoms with Crippen LogP contribution in [0.15, 0.2) is 24.3 Å². The molecule has 1 fully saturated rings. The third-order valence-electron chi connectivity index (χ3n) is 6.07. The zero-order chi connectivity index (χ0) is 27.0. The quantitative estimate of drug-likeness (QED) is 0.430. The Morgan fingerprint density at radius 1 is 1.19 bits per heavy atom. The second-order valence-electron chi connectivity index (χ2n) is 10.7. The summed E-state index contributed by atoms with van der Waals surface area (Å²) in [6.45, 7) is 13.4. The highest BCUT2D eigenvalue weighted by Crippen LogP contribution is 2.25. The lowest BCUT2D eigenvalue weighted by Crippen LogP contribution is -2.53. The van der Waals surface area contributed by atoms with Gasteiger partial charge in [0.05, 0.1) is 30.7 Å². The Morgan fingerprint density at radius 3 is 2.39 bits per heavy atom. The van der Waals surface area contributed by atoms with Crippen LogP contribution in [0.25, 0.3) is 0 Å². The van der Waals surface area contributed by atoms with Gasteiger partial charge < -0.3 is 24.6 Å². The van der Waals surface area contributed by atoms with Crippen molar-refractivity contribution in [2.24, 2.45) is 11.8 Å². The van der Waals surface area contributed by atoms with E-state index in [-0.39, 0.29) is 18.9 Å². The molecule has 0 aliphatic carbocycles. The van der Waals surface area contributed by atoms with Crippen molar-refractivity contribution in [3.8, 4) is 5.75 Å². The number of carbonyl (C=O) groups is 3. The van der Waals surface area contributed by atoms with Gasteiger partial charge in [-0.25, -0.2) is 14.5 Å². The maximum absolute atomic E-state index is 13.3. The number of ether oxygens (including phenoxy) is 3. The highest BCUT2D eigenvalue weighted by molar-refractivity contribution is 5.95. The molecule has 9 nitrogen and oxygen atoms in total. The molecule has 9 heteroatoms. The van der Waals surface area contributed by atoms with Crippen molar-refractivity contribution in [2.45, 2.75) is 91.5 Å². The number of nitrogens with one attached hydrogen (secondary N) is 1. The molecule has 0 radical (unpaired) electrons. The number of nitrogens with zero attached hydrogens (tertiary/aromatic N) is 1. The van der Waals surface area contributed by atoms with E-state index in [9.17, 15) is 19.5 Å². The van der Waals surface area contributed by atoms with Gasteiger partial charge in [-0.2, -0.15) is 0 Å². The lowest BCUT2D eigenvalue weighted by molar-refractivity contribution is -0.137. The van der Waals surface area contributed by atoms with E-state index in [4.69, 9.17) is 14.2 Å². The van der Waals surface area contributed by atoms with Gasteiger partial charge in [0, 0.05) is 0 Å². The maximum Gasteiger partial charge on any atom is 0.416 e. The molecule has 0 spiro atoms. The number of aliphatic hydroxyl groups excluding tert-OH is 1. The minimum Gasteiger partial charge on any atom is -0.494 e. The van der Waals surface area contributed by atoms with Crippen molar-refractivity contribution in [3.63, 3.8) is 0 Å². The molecule has 1 aliphatic heterocycles. The van der Waals surface area contributed by atoms with Gasteiger partial charge in [-0.05, 0) is 57.2 Å². The molecule has 2 N–H and O–H groups in total. The van der Waals surface area contributed by atoms with Crippen LogP contribution in [0.3, 0.4) is 0 Å². The van der Waals surface area contributed by atoms with Gasteiger partial charge in [0.15, 0.2) is 0 Å². The van der Waals surface area contributed by atoms with Gasteiger partial charge in [-0.1, -0.05) is 46.2 Å². The van der Waals surface area contributed by atoms with Gasteiger partial charge in [0.25, 0.3) is 0 Å². The van der Waals surface area contributed by atoms with E-state index in [2.05, 4.69) is 12.2 Å². The van der Waals surface area contributed by atoms with Crippen molar-refractivity contribution in [1.82, 2.24) is 10.2 Å². The second kappa shape index (κ2) is 12.9. The summed E-state index contributed by atoms with van der Waals surface area (Å²) < 4.78 is 16.2. The lowest BCUT2D eigenvalue weighted by atomic mass is 9.91. The van der Waals surface area contributed by atoms with Gasteiger partial charge in [-0.3, -0.25) is 4.79 Å². The van der Waals surface area contributed by atoms with Crippen LogP contribution in [0.5, 0.6) is 5.75 Å². The summed E-state index contributed by atoms with van der Waals surface area (Å²) in [6.07, 6.45) is -0.459. The normalized spacial score (nSPS) is 18.4. The van der Waals surface area contributed by atoms with Crippen LogP contribution in [0.1, 0.15) is 66.9 Å². The predicted octanol–water partition coefficient (Wildman–Crippen LogP) is 4.30. The molecule has 3 amide bonds. The Morgan fingerprint density at radius 2 is 1.83 bits per heavy atom. The number of imide groups is 1. The molecule has 0 saturated carbocycles. The molecule has 0 bridgehead atoms. The van der Waals surface area contributed by atoms with Crippen LogP contribution in [0.4, 0.5) is 9.59 Å². The van der Waals surface area contributed by atoms with E-state index >= 15 is 0 Å². The molecule has 36 heavy (non-hydrogen) atoms. The number of aliphatic hydroxyl groups is 1. The fourth-order valence-corrected chi connectivity index (χ4v) is 3.92. The van der Waals surface area contributed by atoms with E-state index in [0.29, 0.717) is 6.61 Å². The Kier molecular flexibility index (Phi) is 10.6. The molecule has 1 saturated heterocycles. The molecule has 2 rings (SSSR count). The number of cyclic esters (lactones) is 1. The third kappa shape index (κ3) is 8.40. The van der Waals surface area contributed by atoms with Gasteiger partial charge in [0.1, 0.15) is 18.0 Å². The number of amides is 3. The molecular weight excluding hydrogens is 464 g/mol. The van der Waals surface area contributed by atoms with Crippen molar-refractivity contribution in [2.75, 3.05) is 13.2 Å². The predicted molar refractivity (Wildman–Crippen MR) is 136 cm³/mol. The van der Waals surface area contributed by atoms with E-state index in [1.54, 1.807) is 27.7 Å². The largest absolute Gasteiger partial charge is 0.494 e. The third-order valence-corrected chi connectivity index (χ3v) is 6.07. The molecule has 0 aromatic heterocycles. The SMILES string of the molecule is CCCCOc1ccc(C[C@H](NC(=O)OC(C)(C)C)[C@@H](O)[C@H](C)C(=O)N2C(=O)OC[C@@H]2C(C)C)cc1. The minimum atomic E-state index is -1.29. The van der Waals surface area contributed by atoms with E-state index < -0.39 is 47.8 Å². The van der Waals surface area contributed by atoms with Crippen molar-refractivity contribution >= 4 is 18.1 Å². The van der Waals surface area contributed by atoms with E-state index in [1.807, 2.05) is 38.1 Å². The van der Waals surface area contributed by atoms with Gasteiger partial charge >= 0.3 is 12.2 Å². The summed E-state index contributed by atoms with van der Waals surface area (Å²) in [5.74, 6) is -0.786. The smallest absolute Gasteiger partial charge is 0.416 e. The molecule has 1 heterocycles.